The van der Waals surface area contributed by atoms with Gasteiger partial charge in [-0.2, -0.15) is 5.10 Å². The van der Waals surface area contributed by atoms with Gasteiger partial charge >= 0.3 is 6.03 Å². The Morgan fingerprint density at radius 2 is 2.22 bits per heavy atom. The third kappa shape index (κ3) is 5.16. The Morgan fingerprint density at radius 1 is 1.41 bits per heavy atom. The SMILES string of the molecule is Cn1cc(N2CCCC(NC(=O)NCC(C)(C)c3cccc(Cl)c3)C2)cn1. The first-order valence-electron chi connectivity index (χ1n) is 9.37. The number of aryl methyl sites for hydroxylation is 1. The van der Waals surface area contributed by atoms with Gasteiger partial charge in [0.25, 0.3) is 0 Å². The van der Waals surface area contributed by atoms with Crippen molar-refractivity contribution in [3.05, 3.63) is 47.2 Å². The summed E-state index contributed by atoms with van der Waals surface area (Å²) in [5.74, 6) is 0. The van der Waals surface area contributed by atoms with Crippen LogP contribution in [-0.2, 0) is 12.5 Å². The molecule has 146 valence electrons. The molecule has 0 saturated carbocycles. The highest BCUT2D eigenvalue weighted by Gasteiger charge is 2.25. The average molecular weight is 390 g/mol. The van der Waals surface area contributed by atoms with Crippen molar-refractivity contribution in [1.82, 2.24) is 20.4 Å². The summed E-state index contributed by atoms with van der Waals surface area (Å²) >= 11 is 6.10. The molecule has 0 aliphatic carbocycles. The third-order valence-electron chi connectivity index (χ3n) is 5.11. The number of amides is 2. The summed E-state index contributed by atoms with van der Waals surface area (Å²) in [4.78, 5) is 14.7. The number of hydrogen-bond donors (Lipinski definition) is 2. The maximum absolute atomic E-state index is 12.4. The first-order valence-corrected chi connectivity index (χ1v) is 9.75. The zero-order valence-corrected chi connectivity index (χ0v) is 17.0. The second kappa shape index (κ2) is 8.21. The molecule has 2 amide bonds. The highest BCUT2D eigenvalue weighted by molar-refractivity contribution is 6.30. The van der Waals surface area contributed by atoms with Crippen LogP contribution in [0.2, 0.25) is 5.02 Å². The van der Waals surface area contributed by atoms with E-state index in [-0.39, 0.29) is 17.5 Å². The summed E-state index contributed by atoms with van der Waals surface area (Å²) in [6.07, 6.45) is 5.92. The van der Waals surface area contributed by atoms with E-state index in [1.54, 1.807) is 4.68 Å². The van der Waals surface area contributed by atoms with E-state index in [1.165, 1.54) is 0 Å². The van der Waals surface area contributed by atoms with Gasteiger partial charge in [-0.25, -0.2) is 4.79 Å². The second-order valence-electron chi connectivity index (χ2n) is 7.88. The van der Waals surface area contributed by atoms with Crippen molar-refractivity contribution in [2.75, 3.05) is 24.5 Å². The van der Waals surface area contributed by atoms with Crippen molar-refractivity contribution in [2.24, 2.45) is 7.05 Å². The van der Waals surface area contributed by atoms with E-state index in [0.29, 0.717) is 11.6 Å². The summed E-state index contributed by atoms with van der Waals surface area (Å²) in [6, 6.07) is 7.80. The Morgan fingerprint density at radius 3 is 2.93 bits per heavy atom. The molecule has 1 aromatic heterocycles. The average Bonchev–Trinajstić information content (AvgIpc) is 3.07. The van der Waals surface area contributed by atoms with Gasteiger partial charge in [-0.15, -0.1) is 0 Å². The van der Waals surface area contributed by atoms with Crippen LogP contribution in [0.1, 0.15) is 32.3 Å². The van der Waals surface area contributed by atoms with Gasteiger partial charge in [-0.3, -0.25) is 4.68 Å². The summed E-state index contributed by atoms with van der Waals surface area (Å²) < 4.78 is 1.80. The van der Waals surface area contributed by atoms with Gasteiger partial charge in [0.2, 0.25) is 0 Å². The number of halogens is 1. The van der Waals surface area contributed by atoms with E-state index in [4.69, 9.17) is 11.6 Å². The molecule has 27 heavy (non-hydrogen) atoms. The number of aromatic nitrogens is 2. The van der Waals surface area contributed by atoms with Gasteiger partial charge < -0.3 is 15.5 Å². The quantitative estimate of drug-likeness (QED) is 0.824. The number of nitrogens with one attached hydrogen (secondary N) is 2. The van der Waals surface area contributed by atoms with Crippen LogP contribution in [0.4, 0.5) is 10.5 Å². The first kappa shape index (κ1) is 19.5. The number of benzene rings is 1. The predicted molar refractivity (Wildman–Crippen MR) is 109 cm³/mol. The van der Waals surface area contributed by atoms with Crippen molar-refractivity contribution in [3.63, 3.8) is 0 Å². The number of nitrogens with zero attached hydrogens (tertiary/aromatic N) is 3. The minimum Gasteiger partial charge on any atom is -0.367 e. The number of piperidine rings is 1. The molecule has 0 bridgehead atoms. The van der Waals surface area contributed by atoms with E-state index in [9.17, 15) is 4.79 Å². The van der Waals surface area contributed by atoms with Crippen LogP contribution < -0.4 is 15.5 Å². The lowest BCUT2D eigenvalue weighted by molar-refractivity contribution is 0.232. The van der Waals surface area contributed by atoms with E-state index >= 15 is 0 Å². The molecule has 2 aromatic rings. The van der Waals surface area contributed by atoms with E-state index in [0.717, 1.165) is 37.2 Å². The van der Waals surface area contributed by atoms with Crippen LogP contribution in [0.5, 0.6) is 0 Å². The number of hydrogen-bond acceptors (Lipinski definition) is 3. The molecular weight excluding hydrogens is 362 g/mol. The minimum atomic E-state index is -0.198. The molecule has 3 rings (SSSR count). The maximum atomic E-state index is 12.4. The van der Waals surface area contributed by atoms with Crippen LogP contribution in [0.15, 0.2) is 36.7 Å². The summed E-state index contributed by atoms with van der Waals surface area (Å²) in [6.45, 7) is 6.54. The number of rotatable bonds is 5. The lowest BCUT2D eigenvalue weighted by atomic mass is 9.84. The number of anilines is 1. The standard InChI is InChI=1S/C20H28ClN5O/c1-20(2,15-6-4-7-16(21)10-15)14-22-19(27)24-17-8-5-9-26(12-17)18-11-23-25(3)13-18/h4,6-7,10-11,13,17H,5,8-9,12,14H2,1-3H3,(H2,22,24,27). The van der Waals surface area contributed by atoms with Gasteiger partial charge in [0.05, 0.1) is 11.9 Å². The lowest BCUT2D eigenvalue weighted by Crippen LogP contribution is -2.52. The smallest absolute Gasteiger partial charge is 0.315 e. The van der Waals surface area contributed by atoms with Gasteiger partial charge in [0, 0.05) is 49.4 Å². The van der Waals surface area contributed by atoms with Gasteiger partial charge in [-0.05, 0) is 30.5 Å². The highest BCUT2D eigenvalue weighted by Crippen LogP contribution is 2.25. The van der Waals surface area contributed by atoms with Gasteiger partial charge in [0.15, 0.2) is 0 Å². The molecule has 1 fully saturated rings. The van der Waals surface area contributed by atoms with Crippen LogP contribution in [0.25, 0.3) is 0 Å². The van der Waals surface area contributed by atoms with Crippen molar-refractivity contribution in [2.45, 2.75) is 38.1 Å². The first-order chi connectivity index (χ1) is 12.8. The molecule has 2 N–H and O–H groups in total. The van der Waals surface area contributed by atoms with Crippen molar-refractivity contribution in [1.29, 1.82) is 0 Å². The van der Waals surface area contributed by atoms with Crippen molar-refractivity contribution < 1.29 is 4.79 Å². The molecule has 1 atom stereocenters. The largest absolute Gasteiger partial charge is 0.367 e. The Kier molecular flexibility index (Phi) is 5.95. The summed E-state index contributed by atoms with van der Waals surface area (Å²) in [7, 11) is 1.91. The molecule has 1 aliphatic heterocycles. The van der Waals surface area contributed by atoms with Gasteiger partial charge in [-0.1, -0.05) is 37.6 Å². The topological polar surface area (TPSA) is 62.2 Å². The zero-order chi connectivity index (χ0) is 19.4. The van der Waals surface area contributed by atoms with E-state index < -0.39 is 0 Å². The number of urea groups is 1. The molecule has 1 aliphatic rings. The fraction of sp³-hybridized carbons (Fsp3) is 0.500. The molecule has 2 heterocycles. The summed E-state index contributed by atoms with van der Waals surface area (Å²) in [5, 5.41) is 11.1. The molecule has 0 radical (unpaired) electrons. The highest BCUT2D eigenvalue weighted by atomic mass is 35.5. The Hall–Kier alpha value is -2.21. The predicted octanol–water partition coefficient (Wildman–Crippen LogP) is 3.32. The molecule has 7 heteroatoms. The normalized spacial score (nSPS) is 17.6. The Bertz CT molecular complexity index is 788. The third-order valence-corrected chi connectivity index (χ3v) is 5.35. The molecule has 1 unspecified atom stereocenters. The molecule has 6 nitrogen and oxygen atoms in total. The zero-order valence-electron chi connectivity index (χ0n) is 16.2. The maximum Gasteiger partial charge on any atom is 0.315 e. The van der Waals surface area contributed by atoms with Crippen molar-refractivity contribution in [3.8, 4) is 0 Å². The van der Waals surface area contributed by atoms with Crippen LogP contribution in [-0.4, -0.2) is 41.5 Å². The Labute approximate surface area is 165 Å². The fourth-order valence-electron chi connectivity index (χ4n) is 3.45. The van der Waals surface area contributed by atoms with E-state index in [1.807, 2.05) is 43.7 Å². The van der Waals surface area contributed by atoms with E-state index in [2.05, 4.69) is 34.5 Å². The fourth-order valence-corrected chi connectivity index (χ4v) is 3.64. The van der Waals surface area contributed by atoms with Crippen LogP contribution >= 0.6 is 11.6 Å². The van der Waals surface area contributed by atoms with Crippen LogP contribution in [0.3, 0.4) is 0 Å². The van der Waals surface area contributed by atoms with Crippen molar-refractivity contribution >= 4 is 23.3 Å². The Balaban J connectivity index is 1.51. The summed E-state index contributed by atoms with van der Waals surface area (Å²) in [5.41, 5.74) is 2.01. The van der Waals surface area contributed by atoms with Gasteiger partial charge in [0.1, 0.15) is 0 Å². The number of carbonyl (C=O) groups excluding carboxylic acids is 1. The minimum absolute atomic E-state index is 0.122. The molecule has 0 spiro atoms. The van der Waals surface area contributed by atoms with Crippen LogP contribution in [0, 0.1) is 0 Å². The molecule has 1 aromatic carbocycles. The molecule has 1 saturated heterocycles. The monoisotopic (exact) mass is 389 g/mol. The lowest BCUT2D eigenvalue weighted by Gasteiger charge is -2.34. The molecular formula is C20H28ClN5O. The number of carbonyl (C=O) groups is 1. The second-order valence-corrected chi connectivity index (χ2v) is 8.32.